The van der Waals surface area contributed by atoms with Gasteiger partial charge in [0.15, 0.2) is 5.82 Å². The summed E-state index contributed by atoms with van der Waals surface area (Å²) in [5.74, 6) is 0.691. The zero-order chi connectivity index (χ0) is 44.6. The molecule has 11 aromatic rings. The van der Waals surface area contributed by atoms with E-state index in [4.69, 9.17) is 9.97 Å². The summed E-state index contributed by atoms with van der Waals surface area (Å²) < 4.78 is 0. The van der Waals surface area contributed by atoms with Gasteiger partial charge in [-0.15, -0.1) is 0 Å². The highest BCUT2D eigenvalue weighted by Crippen LogP contribution is 2.56. The van der Waals surface area contributed by atoms with E-state index >= 15 is 0 Å². The number of hydrogen-bond acceptors (Lipinski definition) is 3. The Kier molecular flexibility index (Phi) is 10.1. The second-order valence-electron chi connectivity index (χ2n) is 17.2. The highest BCUT2D eigenvalue weighted by Gasteiger charge is 2.45. The molecule has 0 aliphatic heterocycles. The summed E-state index contributed by atoms with van der Waals surface area (Å²) in [5.41, 5.74) is 21.2. The van der Waals surface area contributed by atoms with Crippen molar-refractivity contribution in [3.63, 3.8) is 0 Å². The van der Waals surface area contributed by atoms with Gasteiger partial charge in [0.25, 0.3) is 0 Å². The normalized spacial score (nSPS) is 12.3. The van der Waals surface area contributed by atoms with Crippen molar-refractivity contribution in [2.45, 2.75) is 5.41 Å². The first kappa shape index (κ1) is 39.8. The van der Waals surface area contributed by atoms with Crippen LogP contribution in [0.25, 0.3) is 89.5 Å². The van der Waals surface area contributed by atoms with Gasteiger partial charge in [0.1, 0.15) is 0 Å². The number of nitrogens with zero attached hydrogens (tertiary/aromatic N) is 3. The number of hydrogen-bond donors (Lipinski definition) is 0. The summed E-state index contributed by atoms with van der Waals surface area (Å²) in [7, 11) is 0. The Morgan fingerprint density at radius 1 is 0.269 bits per heavy atom. The fourth-order valence-electron chi connectivity index (χ4n) is 10.1. The maximum absolute atomic E-state index is 5.16. The number of pyridine rings is 1. The van der Waals surface area contributed by atoms with Gasteiger partial charge in [0.2, 0.25) is 0 Å². The van der Waals surface area contributed by atoms with Crippen LogP contribution >= 0.6 is 0 Å². The van der Waals surface area contributed by atoms with Crippen molar-refractivity contribution in [3.05, 3.63) is 283 Å². The molecule has 3 heteroatoms. The third-order valence-corrected chi connectivity index (χ3v) is 13.3. The van der Waals surface area contributed by atoms with Crippen LogP contribution in [-0.2, 0) is 5.41 Å². The van der Waals surface area contributed by atoms with Gasteiger partial charge in [-0.25, -0.2) is 9.97 Å². The Balaban J connectivity index is 0.888. The van der Waals surface area contributed by atoms with Crippen molar-refractivity contribution in [2.24, 2.45) is 0 Å². The van der Waals surface area contributed by atoms with Crippen LogP contribution in [-0.4, -0.2) is 15.0 Å². The van der Waals surface area contributed by atoms with Crippen LogP contribution in [0.4, 0.5) is 0 Å². The molecule has 0 spiro atoms. The minimum Gasteiger partial charge on any atom is -0.264 e. The maximum atomic E-state index is 5.16. The van der Waals surface area contributed by atoms with Crippen molar-refractivity contribution >= 4 is 0 Å². The summed E-state index contributed by atoms with van der Waals surface area (Å²) in [5, 5.41) is 0. The molecule has 0 radical (unpaired) electrons. The van der Waals surface area contributed by atoms with Crippen LogP contribution in [0.2, 0.25) is 0 Å². The third kappa shape index (κ3) is 7.24. The highest BCUT2D eigenvalue weighted by molar-refractivity contribution is 5.89. The van der Waals surface area contributed by atoms with Gasteiger partial charge in [-0.2, -0.15) is 0 Å². The molecule has 0 saturated carbocycles. The molecule has 2 heterocycles. The van der Waals surface area contributed by atoms with Crippen molar-refractivity contribution in [1.29, 1.82) is 0 Å². The fourth-order valence-corrected chi connectivity index (χ4v) is 10.1. The first-order valence-corrected chi connectivity index (χ1v) is 22.8. The zero-order valence-electron chi connectivity index (χ0n) is 36.7. The maximum Gasteiger partial charge on any atom is 0.160 e. The molecule has 1 aliphatic carbocycles. The molecule has 314 valence electrons. The molecule has 3 nitrogen and oxygen atoms in total. The highest BCUT2D eigenvalue weighted by atomic mass is 14.9. The monoisotopic (exact) mass is 853 g/mol. The van der Waals surface area contributed by atoms with E-state index in [1.54, 1.807) is 6.20 Å². The lowest BCUT2D eigenvalue weighted by atomic mass is 9.67. The predicted molar refractivity (Wildman–Crippen MR) is 275 cm³/mol. The van der Waals surface area contributed by atoms with Crippen LogP contribution in [0.1, 0.15) is 22.3 Å². The second-order valence-corrected chi connectivity index (χ2v) is 17.2. The van der Waals surface area contributed by atoms with Gasteiger partial charge in [-0.3, -0.25) is 4.98 Å². The smallest absolute Gasteiger partial charge is 0.160 e. The third-order valence-electron chi connectivity index (χ3n) is 13.3. The van der Waals surface area contributed by atoms with Crippen LogP contribution in [0.15, 0.2) is 261 Å². The summed E-state index contributed by atoms with van der Waals surface area (Å²) in [6.45, 7) is 0. The van der Waals surface area contributed by atoms with Gasteiger partial charge >= 0.3 is 0 Å². The molecule has 0 unspecified atom stereocenters. The molecule has 0 fully saturated rings. The van der Waals surface area contributed by atoms with Gasteiger partial charge in [-0.1, -0.05) is 212 Å². The Hall–Kier alpha value is -8.79. The second kappa shape index (κ2) is 17.0. The number of benzene rings is 9. The standard InChI is InChI=1S/C64H43N3/c1-4-16-46(17-5-1)63-66-61(45-33-31-44(32-34-45)54-24-15-37-65-43-54)42-62(67-63)53-23-14-22-51(40-53)49-20-12-18-47(38-49)48-19-13-21-50(39-48)52-35-36-60-58(41-52)57-29-10-11-30-59(57)64(60,55-25-6-2-7-26-55)56-27-8-3-9-28-56/h1-43H. The summed E-state index contributed by atoms with van der Waals surface area (Å²) in [6.07, 6.45) is 3.69. The average molecular weight is 854 g/mol. The van der Waals surface area contributed by atoms with Crippen LogP contribution in [0.3, 0.4) is 0 Å². The van der Waals surface area contributed by atoms with E-state index < -0.39 is 5.41 Å². The van der Waals surface area contributed by atoms with Crippen molar-refractivity contribution < 1.29 is 0 Å². The molecule has 0 N–H and O–H groups in total. The molecule has 9 aromatic carbocycles. The predicted octanol–water partition coefficient (Wildman–Crippen LogP) is 15.9. The van der Waals surface area contributed by atoms with Crippen LogP contribution in [0.5, 0.6) is 0 Å². The van der Waals surface area contributed by atoms with Gasteiger partial charge in [-0.05, 0) is 114 Å². The molecule has 2 aromatic heterocycles. The SMILES string of the molecule is c1ccc(-c2nc(-c3ccc(-c4cccnc4)cc3)cc(-c3cccc(-c4cccc(-c5cccc(-c6ccc7c(c6)-c6ccccc6C7(c6ccccc6)c6ccccc6)c5)c4)c3)n2)cc1. The largest absolute Gasteiger partial charge is 0.264 e. The van der Waals surface area contributed by atoms with E-state index in [0.29, 0.717) is 5.82 Å². The van der Waals surface area contributed by atoms with Crippen molar-refractivity contribution in [1.82, 2.24) is 15.0 Å². The first-order chi connectivity index (χ1) is 33.2. The van der Waals surface area contributed by atoms with Gasteiger partial charge in [0, 0.05) is 29.1 Å². The van der Waals surface area contributed by atoms with E-state index in [1.165, 1.54) is 50.1 Å². The molecular weight excluding hydrogens is 811 g/mol. The Labute approximate surface area is 391 Å². The summed E-state index contributed by atoms with van der Waals surface area (Å²) in [6, 6.07) is 89.4. The Morgan fingerprint density at radius 2 is 0.716 bits per heavy atom. The minimum atomic E-state index is -0.417. The first-order valence-electron chi connectivity index (χ1n) is 22.8. The van der Waals surface area contributed by atoms with Crippen LogP contribution < -0.4 is 0 Å². The van der Waals surface area contributed by atoms with E-state index in [1.807, 2.05) is 30.5 Å². The fraction of sp³-hybridized carbons (Fsp3) is 0.0156. The van der Waals surface area contributed by atoms with E-state index in [9.17, 15) is 0 Å². The lowest BCUT2D eigenvalue weighted by Gasteiger charge is -2.33. The van der Waals surface area contributed by atoms with Crippen molar-refractivity contribution in [3.8, 4) is 89.5 Å². The van der Waals surface area contributed by atoms with E-state index in [-0.39, 0.29) is 0 Å². The Morgan fingerprint density at radius 3 is 1.31 bits per heavy atom. The van der Waals surface area contributed by atoms with E-state index in [2.05, 4.69) is 229 Å². The van der Waals surface area contributed by atoms with Crippen LogP contribution in [0, 0.1) is 0 Å². The summed E-state index contributed by atoms with van der Waals surface area (Å²) >= 11 is 0. The van der Waals surface area contributed by atoms with Gasteiger partial charge in [0.05, 0.1) is 16.8 Å². The summed E-state index contributed by atoms with van der Waals surface area (Å²) in [4.78, 5) is 14.6. The molecule has 12 rings (SSSR count). The number of aromatic nitrogens is 3. The topological polar surface area (TPSA) is 38.7 Å². The lowest BCUT2D eigenvalue weighted by molar-refractivity contribution is 0.768. The molecule has 0 atom stereocenters. The molecule has 0 amide bonds. The Bertz CT molecular complexity index is 3510. The molecule has 67 heavy (non-hydrogen) atoms. The lowest BCUT2D eigenvalue weighted by Crippen LogP contribution is -2.28. The van der Waals surface area contributed by atoms with E-state index in [0.717, 1.165) is 55.9 Å². The average Bonchev–Trinajstić information content (AvgIpc) is 3.72. The molecule has 0 bridgehead atoms. The van der Waals surface area contributed by atoms with Gasteiger partial charge < -0.3 is 0 Å². The quantitative estimate of drug-likeness (QED) is 0.145. The van der Waals surface area contributed by atoms with Crippen molar-refractivity contribution in [2.75, 3.05) is 0 Å². The number of fused-ring (bicyclic) bond motifs is 3. The number of rotatable bonds is 9. The molecule has 1 aliphatic rings. The molecule has 0 saturated heterocycles. The minimum absolute atomic E-state index is 0.417. The zero-order valence-corrected chi connectivity index (χ0v) is 36.7. The molecular formula is C64H43N3.